The fourth-order valence-corrected chi connectivity index (χ4v) is 1.87. The fraction of sp³-hybridized carbons (Fsp3) is 0.250. The maximum absolute atomic E-state index is 12.0. The molecule has 0 bridgehead atoms. The Labute approximate surface area is 101 Å². The van der Waals surface area contributed by atoms with Gasteiger partial charge in [0.2, 0.25) is 0 Å². The first-order chi connectivity index (χ1) is 6.85. The number of halogens is 5. The van der Waals surface area contributed by atoms with Gasteiger partial charge in [0.1, 0.15) is 0 Å². The molecule has 0 aliphatic heterocycles. The van der Waals surface area contributed by atoms with E-state index in [1.165, 1.54) is 6.07 Å². The second kappa shape index (κ2) is 4.61. The number of nitrogens with two attached hydrogens (primary N) is 1. The highest BCUT2D eigenvalue weighted by Gasteiger charge is 2.33. The van der Waals surface area contributed by atoms with Crippen LogP contribution in [0, 0.1) is 0 Å². The molecular formula is C8H6Br2F3NO. The molecule has 0 atom stereocenters. The van der Waals surface area contributed by atoms with Gasteiger partial charge in [0.15, 0.2) is 5.75 Å². The lowest BCUT2D eigenvalue weighted by molar-refractivity contribution is -0.274. The van der Waals surface area contributed by atoms with Crippen LogP contribution in [0.1, 0.15) is 5.56 Å². The Bertz CT molecular complexity index is 368. The maximum atomic E-state index is 12.0. The van der Waals surface area contributed by atoms with Gasteiger partial charge in [-0.2, -0.15) is 0 Å². The van der Waals surface area contributed by atoms with Crippen LogP contribution in [0.5, 0.6) is 5.75 Å². The molecule has 1 rings (SSSR count). The number of nitrogen functional groups attached to an aromatic ring is 1. The van der Waals surface area contributed by atoms with E-state index in [0.717, 1.165) is 0 Å². The van der Waals surface area contributed by atoms with Gasteiger partial charge in [0, 0.05) is 5.33 Å². The maximum Gasteiger partial charge on any atom is 0.573 e. The van der Waals surface area contributed by atoms with Crippen LogP contribution in [-0.4, -0.2) is 6.36 Å². The summed E-state index contributed by atoms with van der Waals surface area (Å²) in [6.07, 6.45) is -4.75. The molecule has 0 saturated heterocycles. The van der Waals surface area contributed by atoms with Crippen molar-refractivity contribution in [3.05, 3.63) is 22.2 Å². The highest BCUT2D eigenvalue weighted by molar-refractivity contribution is 9.10. The van der Waals surface area contributed by atoms with E-state index in [9.17, 15) is 13.2 Å². The molecule has 1 aromatic carbocycles. The SMILES string of the molecule is Nc1c(CBr)ccc(Br)c1OC(F)(F)F. The van der Waals surface area contributed by atoms with Crippen molar-refractivity contribution < 1.29 is 17.9 Å². The molecule has 2 nitrogen and oxygen atoms in total. The monoisotopic (exact) mass is 347 g/mol. The van der Waals surface area contributed by atoms with Crippen LogP contribution >= 0.6 is 31.9 Å². The van der Waals surface area contributed by atoms with E-state index >= 15 is 0 Å². The molecule has 1 aromatic rings. The van der Waals surface area contributed by atoms with Crippen molar-refractivity contribution in [3.63, 3.8) is 0 Å². The number of rotatable bonds is 2. The first-order valence-corrected chi connectivity index (χ1v) is 5.65. The Morgan fingerprint density at radius 2 is 1.93 bits per heavy atom. The van der Waals surface area contributed by atoms with E-state index in [1.807, 2.05) is 0 Å². The Balaban J connectivity index is 3.15. The summed E-state index contributed by atoms with van der Waals surface area (Å²) >= 11 is 6.06. The van der Waals surface area contributed by atoms with Crippen molar-refractivity contribution in [2.45, 2.75) is 11.7 Å². The summed E-state index contributed by atoms with van der Waals surface area (Å²) in [5.74, 6) is -0.403. The number of anilines is 1. The molecule has 7 heteroatoms. The van der Waals surface area contributed by atoms with Gasteiger partial charge in [-0.05, 0) is 27.6 Å². The molecule has 0 unspecified atom stereocenters. The lowest BCUT2D eigenvalue weighted by atomic mass is 10.2. The quantitative estimate of drug-likeness (QED) is 0.651. The second-order valence-electron chi connectivity index (χ2n) is 2.63. The van der Waals surface area contributed by atoms with Gasteiger partial charge >= 0.3 is 6.36 Å². The van der Waals surface area contributed by atoms with Crippen molar-refractivity contribution >= 4 is 37.5 Å². The summed E-state index contributed by atoms with van der Waals surface area (Å²) in [5.41, 5.74) is 6.03. The van der Waals surface area contributed by atoms with E-state index in [2.05, 4.69) is 36.6 Å². The minimum absolute atomic E-state index is 0.0291. The average molecular weight is 349 g/mol. The van der Waals surface area contributed by atoms with E-state index < -0.39 is 12.1 Å². The first kappa shape index (κ1) is 12.6. The molecule has 0 aliphatic carbocycles. The summed E-state index contributed by atoms with van der Waals surface area (Å²) in [6.45, 7) is 0. The minimum Gasteiger partial charge on any atom is -0.402 e. The first-order valence-electron chi connectivity index (χ1n) is 3.73. The van der Waals surface area contributed by atoms with Crippen LogP contribution < -0.4 is 10.5 Å². The number of alkyl halides is 4. The number of benzene rings is 1. The van der Waals surface area contributed by atoms with Crippen LogP contribution in [0.3, 0.4) is 0 Å². The third-order valence-corrected chi connectivity index (χ3v) is 2.83. The standard InChI is InChI=1S/C8H6Br2F3NO/c9-3-4-1-2-5(10)7(6(4)14)15-8(11,12)13/h1-2H,3,14H2. The molecule has 0 radical (unpaired) electrons. The highest BCUT2D eigenvalue weighted by atomic mass is 79.9. The molecule has 15 heavy (non-hydrogen) atoms. The zero-order chi connectivity index (χ0) is 11.6. The molecular weight excluding hydrogens is 343 g/mol. The van der Waals surface area contributed by atoms with Gasteiger partial charge in [-0.25, -0.2) is 0 Å². The summed E-state index contributed by atoms with van der Waals surface area (Å²) in [5, 5.41) is 0.361. The zero-order valence-electron chi connectivity index (χ0n) is 7.24. The number of hydrogen-bond acceptors (Lipinski definition) is 2. The van der Waals surface area contributed by atoms with Gasteiger partial charge in [-0.3, -0.25) is 0 Å². The molecule has 0 amide bonds. The number of ether oxygens (including phenoxy) is 1. The Kier molecular flexibility index (Phi) is 3.88. The van der Waals surface area contributed by atoms with Crippen molar-refractivity contribution in [1.82, 2.24) is 0 Å². The lowest BCUT2D eigenvalue weighted by Crippen LogP contribution is -2.18. The summed E-state index contributed by atoms with van der Waals surface area (Å²) in [7, 11) is 0. The van der Waals surface area contributed by atoms with Gasteiger partial charge in [-0.15, -0.1) is 13.2 Å². The van der Waals surface area contributed by atoms with Gasteiger partial charge in [-0.1, -0.05) is 22.0 Å². The smallest absolute Gasteiger partial charge is 0.402 e. The summed E-state index contributed by atoms with van der Waals surface area (Å²) in [6, 6.07) is 3.06. The molecule has 0 aliphatic rings. The van der Waals surface area contributed by atoms with E-state index in [4.69, 9.17) is 5.73 Å². The van der Waals surface area contributed by atoms with Crippen LogP contribution in [0.4, 0.5) is 18.9 Å². The van der Waals surface area contributed by atoms with Crippen molar-refractivity contribution in [1.29, 1.82) is 0 Å². The van der Waals surface area contributed by atoms with E-state index in [1.54, 1.807) is 6.07 Å². The van der Waals surface area contributed by atoms with Crippen LogP contribution in [0.2, 0.25) is 0 Å². The average Bonchev–Trinajstić information content (AvgIpc) is 2.11. The fourth-order valence-electron chi connectivity index (χ4n) is 0.950. The Morgan fingerprint density at radius 3 is 2.40 bits per heavy atom. The number of hydrogen-bond donors (Lipinski definition) is 1. The molecule has 84 valence electrons. The van der Waals surface area contributed by atoms with Gasteiger partial charge in [0.05, 0.1) is 10.2 Å². The second-order valence-corrected chi connectivity index (χ2v) is 4.05. The van der Waals surface area contributed by atoms with E-state index in [-0.39, 0.29) is 10.2 Å². The zero-order valence-corrected chi connectivity index (χ0v) is 10.4. The molecule has 0 aromatic heterocycles. The Hall–Kier alpha value is -0.430. The van der Waals surface area contributed by atoms with Crippen LogP contribution in [-0.2, 0) is 5.33 Å². The molecule has 0 saturated carbocycles. The molecule has 2 N–H and O–H groups in total. The minimum atomic E-state index is -4.75. The molecule has 0 spiro atoms. The lowest BCUT2D eigenvalue weighted by Gasteiger charge is -2.14. The van der Waals surface area contributed by atoms with Crippen molar-refractivity contribution in [3.8, 4) is 5.75 Å². The van der Waals surface area contributed by atoms with Crippen LogP contribution in [0.25, 0.3) is 0 Å². The predicted octanol–water partition coefficient (Wildman–Crippen LogP) is 3.82. The summed E-state index contributed by atoms with van der Waals surface area (Å²) < 4.78 is 40.1. The van der Waals surface area contributed by atoms with Crippen molar-refractivity contribution in [2.24, 2.45) is 0 Å². The van der Waals surface area contributed by atoms with Gasteiger partial charge in [0.25, 0.3) is 0 Å². The highest BCUT2D eigenvalue weighted by Crippen LogP contribution is 2.38. The third kappa shape index (κ3) is 3.27. The summed E-state index contributed by atoms with van der Waals surface area (Å²) in [4.78, 5) is 0. The predicted molar refractivity (Wildman–Crippen MR) is 57.9 cm³/mol. The third-order valence-electron chi connectivity index (χ3n) is 1.60. The molecule has 0 heterocycles. The topological polar surface area (TPSA) is 35.2 Å². The normalized spacial score (nSPS) is 11.5. The van der Waals surface area contributed by atoms with Crippen LogP contribution in [0.15, 0.2) is 16.6 Å². The molecule has 0 fully saturated rings. The van der Waals surface area contributed by atoms with Crippen molar-refractivity contribution in [2.75, 3.05) is 5.73 Å². The van der Waals surface area contributed by atoms with Gasteiger partial charge < -0.3 is 10.5 Å². The Morgan fingerprint density at radius 1 is 1.33 bits per heavy atom. The van der Waals surface area contributed by atoms with E-state index in [0.29, 0.717) is 10.9 Å². The largest absolute Gasteiger partial charge is 0.573 e.